The van der Waals surface area contributed by atoms with Crippen LogP contribution in [0.25, 0.3) is 29.5 Å². The first-order chi connectivity index (χ1) is 9.22. The highest BCUT2D eigenvalue weighted by molar-refractivity contribution is 5.79. The summed E-state index contributed by atoms with van der Waals surface area (Å²) >= 11 is 0. The summed E-state index contributed by atoms with van der Waals surface area (Å²) in [5.41, 5.74) is 1.56. The molecule has 3 aromatic rings. The van der Waals surface area contributed by atoms with Gasteiger partial charge in [0, 0.05) is 0 Å². The van der Waals surface area contributed by atoms with Crippen LogP contribution < -0.4 is 16.1 Å². The van der Waals surface area contributed by atoms with Crippen LogP contribution >= 0.6 is 0 Å². The Morgan fingerprint density at radius 3 is 2.95 bits per heavy atom. The summed E-state index contributed by atoms with van der Waals surface area (Å²) in [6, 6.07) is 7.61. The summed E-state index contributed by atoms with van der Waals surface area (Å²) in [6.45, 7) is 5.74. The van der Waals surface area contributed by atoms with Crippen molar-refractivity contribution in [1.82, 2.24) is 14.4 Å². The number of nitrogens with one attached hydrogen (secondary N) is 1. The Kier molecular flexibility index (Phi) is 2.56. The van der Waals surface area contributed by atoms with E-state index in [-0.39, 0.29) is 5.56 Å². The second kappa shape index (κ2) is 4.24. The van der Waals surface area contributed by atoms with Crippen molar-refractivity contribution in [2.45, 2.75) is 6.92 Å². The number of aromatic amines is 1. The third kappa shape index (κ3) is 1.69. The van der Waals surface area contributed by atoms with Crippen LogP contribution in [0.1, 0.15) is 6.92 Å². The van der Waals surface area contributed by atoms with E-state index >= 15 is 0 Å². The normalized spacial score (nSPS) is 13.0. The minimum Gasteiger partial charge on any atom is -0.323 e. The molecule has 0 saturated heterocycles. The molecule has 0 amide bonds. The first kappa shape index (κ1) is 11.5. The zero-order valence-electron chi connectivity index (χ0n) is 10.6. The van der Waals surface area contributed by atoms with Gasteiger partial charge < -0.3 is 4.98 Å². The Morgan fingerprint density at radius 2 is 2.16 bits per heavy atom. The van der Waals surface area contributed by atoms with Crippen molar-refractivity contribution in [2.24, 2.45) is 0 Å². The molecule has 19 heavy (non-hydrogen) atoms. The number of para-hydroxylation sites is 2. The smallest absolute Gasteiger partial charge is 0.266 e. The Hall–Kier alpha value is -2.62. The predicted molar refractivity (Wildman–Crippen MR) is 77.4 cm³/mol. The summed E-state index contributed by atoms with van der Waals surface area (Å²) in [4.78, 5) is 20.0. The number of hydrogen-bond acceptors (Lipinski definition) is 2. The lowest BCUT2D eigenvalue weighted by Gasteiger charge is -1.94. The zero-order valence-corrected chi connectivity index (χ0v) is 10.6. The monoisotopic (exact) mass is 251 g/mol. The molecule has 0 saturated carbocycles. The third-order valence-electron chi connectivity index (χ3n) is 3.05. The van der Waals surface area contributed by atoms with Gasteiger partial charge in [-0.05, 0) is 25.1 Å². The Balaban J connectivity index is 2.57. The van der Waals surface area contributed by atoms with Gasteiger partial charge in [0.05, 0.1) is 21.6 Å². The summed E-state index contributed by atoms with van der Waals surface area (Å²) in [7, 11) is 0. The summed E-state index contributed by atoms with van der Waals surface area (Å²) < 4.78 is 1.56. The minimum absolute atomic E-state index is 0.141. The van der Waals surface area contributed by atoms with E-state index in [1.54, 1.807) is 10.5 Å². The molecule has 1 aromatic carbocycles. The van der Waals surface area contributed by atoms with Crippen molar-refractivity contribution in [3.05, 3.63) is 57.3 Å². The first-order valence-corrected chi connectivity index (χ1v) is 6.04. The van der Waals surface area contributed by atoms with Crippen LogP contribution in [0.4, 0.5) is 0 Å². The first-order valence-electron chi connectivity index (χ1n) is 6.04. The number of aromatic nitrogens is 3. The van der Waals surface area contributed by atoms with Crippen molar-refractivity contribution in [1.29, 1.82) is 0 Å². The average Bonchev–Trinajstić information content (AvgIpc) is 2.79. The molecule has 0 fully saturated rings. The van der Waals surface area contributed by atoms with E-state index in [9.17, 15) is 4.79 Å². The molecule has 0 aliphatic carbocycles. The number of hydrogen-bond donors (Lipinski definition) is 1. The van der Waals surface area contributed by atoms with E-state index in [0.29, 0.717) is 16.3 Å². The molecule has 0 spiro atoms. The molecule has 2 heterocycles. The largest absolute Gasteiger partial charge is 0.323 e. The lowest BCUT2D eigenvalue weighted by atomic mass is 10.3. The molecular weight excluding hydrogens is 238 g/mol. The summed E-state index contributed by atoms with van der Waals surface area (Å²) in [5.74, 6) is 0.536. The molecule has 0 aliphatic heterocycles. The lowest BCUT2D eigenvalue weighted by molar-refractivity contribution is 1.03. The van der Waals surface area contributed by atoms with Gasteiger partial charge >= 0.3 is 0 Å². The summed E-state index contributed by atoms with van der Waals surface area (Å²) in [6.07, 6.45) is 5.51. The van der Waals surface area contributed by atoms with E-state index in [2.05, 4.69) is 16.5 Å². The Labute approximate surface area is 109 Å². The fraction of sp³-hybridized carbons (Fsp3) is 0.0667. The maximum absolute atomic E-state index is 12.4. The quantitative estimate of drug-likeness (QED) is 0.700. The standard InChI is InChI=1S/C15H13N3O/c1-3-4-7-11-10(2)14(19)18-13-9-6-5-8-12(13)17-15(18)16-11/h3-9H,2H2,1H3,(H,16,17)/b4-3-,11-7+. The highest BCUT2D eigenvalue weighted by atomic mass is 16.1. The third-order valence-corrected chi connectivity index (χ3v) is 3.05. The number of imidazole rings is 1. The van der Waals surface area contributed by atoms with Gasteiger partial charge in [-0.1, -0.05) is 30.9 Å². The van der Waals surface area contributed by atoms with Crippen LogP contribution in [-0.2, 0) is 0 Å². The molecule has 0 aliphatic rings. The van der Waals surface area contributed by atoms with Crippen LogP contribution in [0.2, 0.25) is 0 Å². The van der Waals surface area contributed by atoms with Gasteiger partial charge in [0.2, 0.25) is 5.78 Å². The number of benzene rings is 1. The van der Waals surface area contributed by atoms with E-state index < -0.39 is 0 Å². The molecule has 94 valence electrons. The second-order valence-corrected chi connectivity index (χ2v) is 4.27. The molecule has 0 bridgehead atoms. The van der Waals surface area contributed by atoms with Crippen molar-refractivity contribution >= 4 is 29.5 Å². The fourth-order valence-electron chi connectivity index (χ4n) is 2.10. The van der Waals surface area contributed by atoms with Gasteiger partial charge in [0.1, 0.15) is 0 Å². The maximum Gasteiger partial charge on any atom is 0.266 e. The number of nitrogens with zero attached hydrogens (tertiary/aromatic N) is 2. The highest BCUT2D eigenvalue weighted by Gasteiger charge is 2.06. The van der Waals surface area contributed by atoms with E-state index in [1.807, 2.05) is 43.3 Å². The SMILES string of the molecule is C=c1c(=O)n2c(n/c1=C/C=C\C)[nH]c1ccccc12. The van der Waals surface area contributed by atoms with Crippen molar-refractivity contribution in [2.75, 3.05) is 0 Å². The number of fused-ring (bicyclic) bond motifs is 3. The molecule has 4 heteroatoms. The number of rotatable bonds is 1. The molecular formula is C15H13N3O. The second-order valence-electron chi connectivity index (χ2n) is 4.27. The summed E-state index contributed by atoms with van der Waals surface area (Å²) in [5, 5.41) is 0.995. The highest BCUT2D eigenvalue weighted by Crippen LogP contribution is 2.11. The van der Waals surface area contributed by atoms with Gasteiger partial charge in [-0.15, -0.1) is 0 Å². The van der Waals surface area contributed by atoms with Gasteiger partial charge in [-0.2, -0.15) is 0 Å². The van der Waals surface area contributed by atoms with Gasteiger partial charge in [0.25, 0.3) is 5.56 Å². The van der Waals surface area contributed by atoms with E-state index in [4.69, 9.17) is 0 Å². The van der Waals surface area contributed by atoms with Gasteiger partial charge in [0.15, 0.2) is 0 Å². The minimum atomic E-state index is -0.141. The Bertz CT molecular complexity index is 961. The van der Waals surface area contributed by atoms with Crippen LogP contribution in [0.3, 0.4) is 0 Å². The van der Waals surface area contributed by atoms with Gasteiger partial charge in [-0.25, -0.2) is 9.38 Å². The van der Waals surface area contributed by atoms with Crippen molar-refractivity contribution in [3.8, 4) is 0 Å². The zero-order chi connectivity index (χ0) is 13.4. The molecule has 0 unspecified atom stereocenters. The number of allylic oxidation sites excluding steroid dienone is 2. The fourth-order valence-corrected chi connectivity index (χ4v) is 2.10. The number of H-pyrrole nitrogens is 1. The molecule has 3 rings (SSSR count). The lowest BCUT2D eigenvalue weighted by Crippen LogP contribution is -2.43. The van der Waals surface area contributed by atoms with Crippen LogP contribution in [0, 0.1) is 0 Å². The maximum atomic E-state index is 12.4. The molecule has 1 N–H and O–H groups in total. The van der Waals surface area contributed by atoms with Crippen molar-refractivity contribution < 1.29 is 0 Å². The molecule has 0 atom stereocenters. The van der Waals surface area contributed by atoms with E-state index in [0.717, 1.165) is 11.0 Å². The average molecular weight is 251 g/mol. The van der Waals surface area contributed by atoms with Gasteiger partial charge in [-0.3, -0.25) is 4.79 Å². The predicted octanol–water partition coefficient (Wildman–Crippen LogP) is 0.943. The van der Waals surface area contributed by atoms with E-state index in [1.165, 1.54) is 0 Å². The molecule has 4 nitrogen and oxygen atoms in total. The topological polar surface area (TPSA) is 50.2 Å². The van der Waals surface area contributed by atoms with Crippen molar-refractivity contribution in [3.63, 3.8) is 0 Å². The van der Waals surface area contributed by atoms with Crippen LogP contribution in [-0.4, -0.2) is 14.4 Å². The van der Waals surface area contributed by atoms with Crippen LogP contribution in [0.15, 0.2) is 41.2 Å². The molecule has 2 aromatic heterocycles. The van der Waals surface area contributed by atoms with Crippen LogP contribution in [0.5, 0.6) is 0 Å². The molecule has 0 radical (unpaired) electrons. The Morgan fingerprint density at radius 1 is 1.37 bits per heavy atom.